The van der Waals surface area contributed by atoms with Crippen molar-refractivity contribution in [2.75, 3.05) is 12.4 Å². The van der Waals surface area contributed by atoms with Gasteiger partial charge >= 0.3 is 5.97 Å². The third-order valence-electron chi connectivity index (χ3n) is 3.99. The molecule has 6 nitrogen and oxygen atoms in total. The molecule has 0 aliphatic carbocycles. The van der Waals surface area contributed by atoms with Crippen LogP contribution in [0.2, 0.25) is 0 Å². The first kappa shape index (κ1) is 20.0. The molecule has 0 aliphatic rings. The number of benzene rings is 2. The molecule has 1 aromatic heterocycles. The fourth-order valence-corrected chi connectivity index (χ4v) is 4.25. The van der Waals surface area contributed by atoms with Crippen LogP contribution >= 0.6 is 23.1 Å². The number of methoxy groups -OCH3 is 1. The second-order valence-corrected chi connectivity index (χ2v) is 8.32. The highest BCUT2D eigenvalue weighted by atomic mass is 32.2. The number of carbonyl (C=O) groups is 2. The quantitative estimate of drug-likeness (QED) is 0.364. The van der Waals surface area contributed by atoms with E-state index in [2.05, 4.69) is 20.3 Å². The zero-order valence-corrected chi connectivity index (χ0v) is 17.3. The topological polar surface area (TPSA) is 81.2 Å². The Hall–Kier alpha value is -2.71. The van der Waals surface area contributed by atoms with Gasteiger partial charge in [-0.25, -0.2) is 4.79 Å². The summed E-state index contributed by atoms with van der Waals surface area (Å²) in [5.41, 5.74) is 4.23. The van der Waals surface area contributed by atoms with E-state index in [1.165, 1.54) is 30.2 Å². The van der Waals surface area contributed by atoms with Crippen LogP contribution in [0.15, 0.2) is 46.8 Å². The standard InChI is InChI=1S/C20H19N3O3S2/c1-12-4-9-16(13(2)10-12)17(24)21-19-22-23-20(28-19)27-11-14-5-7-15(8-6-14)18(25)26-3/h4-10H,11H2,1-3H3,(H,21,22,24). The Balaban J connectivity index is 1.58. The summed E-state index contributed by atoms with van der Waals surface area (Å²) in [5.74, 6) is 0.136. The number of thioether (sulfide) groups is 1. The Morgan fingerprint density at radius 3 is 2.54 bits per heavy atom. The van der Waals surface area contributed by atoms with E-state index in [0.29, 0.717) is 22.0 Å². The molecule has 8 heteroatoms. The molecule has 0 radical (unpaired) electrons. The minimum atomic E-state index is -0.354. The van der Waals surface area contributed by atoms with Crippen molar-refractivity contribution in [1.29, 1.82) is 0 Å². The number of aryl methyl sites for hydroxylation is 2. The molecule has 3 aromatic rings. The highest BCUT2D eigenvalue weighted by molar-refractivity contribution is 8.00. The van der Waals surface area contributed by atoms with Crippen LogP contribution in [0.25, 0.3) is 0 Å². The number of hydrogen-bond acceptors (Lipinski definition) is 7. The van der Waals surface area contributed by atoms with Crippen LogP contribution in [0, 0.1) is 13.8 Å². The lowest BCUT2D eigenvalue weighted by molar-refractivity contribution is 0.0600. The minimum Gasteiger partial charge on any atom is -0.465 e. The fourth-order valence-electron chi connectivity index (χ4n) is 2.55. The number of aromatic nitrogens is 2. The number of hydrogen-bond donors (Lipinski definition) is 1. The van der Waals surface area contributed by atoms with Crippen LogP contribution in [-0.4, -0.2) is 29.2 Å². The largest absolute Gasteiger partial charge is 0.465 e. The molecule has 1 heterocycles. The molecule has 3 rings (SSSR count). The molecule has 2 aromatic carbocycles. The maximum Gasteiger partial charge on any atom is 0.337 e. The van der Waals surface area contributed by atoms with Crippen LogP contribution in [0.3, 0.4) is 0 Å². The average molecular weight is 414 g/mol. The van der Waals surface area contributed by atoms with Gasteiger partial charge in [-0.3, -0.25) is 10.1 Å². The number of esters is 1. The molecule has 0 spiro atoms. The molecule has 144 valence electrons. The summed E-state index contributed by atoms with van der Waals surface area (Å²) in [4.78, 5) is 23.9. The molecular formula is C20H19N3O3S2. The second kappa shape index (κ2) is 8.99. The van der Waals surface area contributed by atoms with Crippen molar-refractivity contribution in [3.63, 3.8) is 0 Å². The van der Waals surface area contributed by atoms with Crippen molar-refractivity contribution in [2.24, 2.45) is 0 Å². The Bertz CT molecular complexity index is 1000. The number of nitrogens with zero attached hydrogens (tertiary/aromatic N) is 2. The molecule has 0 bridgehead atoms. The van der Waals surface area contributed by atoms with Crippen molar-refractivity contribution in [3.8, 4) is 0 Å². The molecule has 0 fully saturated rings. The zero-order chi connectivity index (χ0) is 20.1. The summed E-state index contributed by atoms with van der Waals surface area (Å²) in [6.07, 6.45) is 0. The summed E-state index contributed by atoms with van der Waals surface area (Å²) >= 11 is 2.85. The predicted octanol–water partition coefficient (Wildman–Crippen LogP) is 4.49. The monoisotopic (exact) mass is 413 g/mol. The predicted molar refractivity (Wildman–Crippen MR) is 111 cm³/mol. The molecule has 0 atom stereocenters. The molecule has 0 unspecified atom stereocenters. The Labute approximate surface area is 171 Å². The Kier molecular flexibility index (Phi) is 6.43. The smallest absolute Gasteiger partial charge is 0.337 e. The van der Waals surface area contributed by atoms with E-state index in [1.807, 2.05) is 44.2 Å². The zero-order valence-electron chi connectivity index (χ0n) is 15.7. The molecule has 28 heavy (non-hydrogen) atoms. The molecule has 0 saturated heterocycles. The summed E-state index contributed by atoms with van der Waals surface area (Å²) in [7, 11) is 1.36. The van der Waals surface area contributed by atoms with E-state index < -0.39 is 0 Å². The first-order chi connectivity index (χ1) is 13.5. The third-order valence-corrected chi connectivity index (χ3v) is 6.03. The van der Waals surface area contributed by atoms with E-state index >= 15 is 0 Å². The Morgan fingerprint density at radius 2 is 1.86 bits per heavy atom. The molecule has 1 N–H and O–H groups in total. The lowest BCUT2D eigenvalue weighted by Gasteiger charge is -2.05. The average Bonchev–Trinajstić information content (AvgIpc) is 3.13. The highest BCUT2D eigenvalue weighted by Gasteiger charge is 2.13. The summed E-state index contributed by atoms with van der Waals surface area (Å²) in [6.45, 7) is 3.90. The first-order valence-corrected chi connectivity index (χ1v) is 10.3. The van der Waals surface area contributed by atoms with Gasteiger partial charge in [0.25, 0.3) is 5.91 Å². The van der Waals surface area contributed by atoms with Crippen LogP contribution in [0.4, 0.5) is 5.13 Å². The number of nitrogens with one attached hydrogen (secondary N) is 1. The molecule has 0 saturated carbocycles. The lowest BCUT2D eigenvalue weighted by atomic mass is 10.1. The Morgan fingerprint density at radius 1 is 1.11 bits per heavy atom. The SMILES string of the molecule is COC(=O)c1ccc(CSc2nnc(NC(=O)c3ccc(C)cc3C)s2)cc1. The molecule has 0 aliphatic heterocycles. The number of rotatable bonds is 6. The van der Waals surface area contributed by atoms with Crippen molar-refractivity contribution in [3.05, 3.63) is 70.3 Å². The van der Waals surface area contributed by atoms with Crippen molar-refractivity contribution < 1.29 is 14.3 Å². The van der Waals surface area contributed by atoms with Crippen molar-refractivity contribution in [2.45, 2.75) is 23.9 Å². The second-order valence-electron chi connectivity index (χ2n) is 6.12. The van der Waals surface area contributed by atoms with E-state index in [0.717, 1.165) is 21.0 Å². The number of carbonyl (C=O) groups excluding carboxylic acids is 2. The summed E-state index contributed by atoms with van der Waals surface area (Å²) < 4.78 is 5.45. The van der Waals surface area contributed by atoms with E-state index in [-0.39, 0.29) is 11.9 Å². The van der Waals surface area contributed by atoms with Crippen LogP contribution < -0.4 is 5.32 Å². The van der Waals surface area contributed by atoms with E-state index in [1.54, 1.807) is 12.1 Å². The molecular weight excluding hydrogens is 394 g/mol. The van der Waals surface area contributed by atoms with Crippen LogP contribution in [-0.2, 0) is 10.5 Å². The van der Waals surface area contributed by atoms with Gasteiger partial charge in [-0.15, -0.1) is 10.2 Å². The number of ether oxygens (including phenoxy) is 1. The van der Waals surface area contributed by atoms with E-state index in [9.17, 15) is 9.59 Å². The van der Waals surface area contributed by atoms with Gasteiger partial charge in [0.1, 0.15) is 0 Å². The summed E-state index contributed by atoms with van der Waals surface area (Å²) in [6, 6.07) is 12.9. The van der Waals surface area contributed by atoms with Gasteiger partial charge in [0.2, 0.25) is 5.13 Å². The van der Waals surface area contributed by atoms with Gasteiger partial charge in [0.05, 0.1) is 12.7 Å². The van der Waals surface area contributed by atoms with Crippen molar-refractivity contribution >= 4 is 40.1 Å². The van der Waals surface area contributed by atoms with Gasteiger partial charge < -0.3 is 4.74 Å². The van der Waals surface area contributed by atoms with Crippen molar-refractivity contribution in [1.82, 2.24) is 10.2 Å². The van der Waals surface area contributed by atoms with Gasteiger partial charge in [-0.1, -0.05) is 52.9 Å². The molecule has 1 amide bonds. The van der Waals surface area contributed by atoms with Gasteiger partial charge in [-0.2, -0.15) is 0 Å². The minimum absolute atomic E-state index is 0.191. The first-order valence-electron chi connectivity index (χ1n) is 8.48. The van der Waals surface area contributed by atoms with Crippen LogP contribution in [0.1, 0.15) is 37.4 Å². The van der Waals surface area contributed by atoms with Gasteiger partial charge in [0.15, 0.2) is 4.34 Å². The maximum absolute atomic E-state index is 12.4. The van der Waals surface area contributed by atoms with E-state index in [4.69, 9.17) is 0 Å². The van der Waals surface area contributed by atoms with Crippen LogP contribution in [0.5, 0.6) is 0 Å². The third kappa shape index (κ3) is 4.96. The number of anilines is 1. The summed E-state index contributed by atoms with van der Waals surface area (Å²) in [5, 5.41) is 11.4. The number of amides is 1. The maximum atomic E-state index is 12.4. The fraction of sp³-hybridized carbons (Fsp3) is 0.200. The van der Waals surface area contributed by atoms with Gasteiger partial charge in [-0.05, 0) is 43.2 Å². The van der Waals surface area contributed by atoms with Gasteiger partial charge in [0, 0.05) is 11.3 Å². The normalized spacial score (nSPS) is 10.5. The lowest BCUT2D eigenvalue weighted by Crippen LogP contribution is -2.13. The highest BCUT2D eigenvalue weighted by Crippen LogP contribution is 2.28.